The summed E-state index contributed by atoms with van der Waals surface area (Å²) in [5, 5.41) is -0.158. The molecule has 1 aromatic carbocycles. The van der Waals surface area contributed by atoms with E-state index >= 15 is 0 Å². The minimum Gasteiger partial charge on any atom is -0.175 e. The summed E-state index contributed by atoms with van der Waals surface area (Å²) in [5.74, 6) is -0.322. The fourth-order valence-corrected chi connectivity index (χ4v) is 2.13. The van der Waals surface area contributed by atoms with Crippen LogP contribution in [0.15, 0.2) is 18.2 Å². The molecule has 0 spiro atoms. The second kappa shape index (κ2) is 4.08. The Morgan fingerprint density at radius 2 is 1.28 bits per heavy atom. The Morgan fingerprint density at radius 3 is 1.56 bits per heavy atom. The van der Waals surface area contributed by atoms with Crippen molar-refractivity contribution in [2.24, 2.45) is 0 Å². The summed E-state index contributed by atoms with van der Waals surface area (Å²) in [6.45, 7) is 0. The van der Waals surface area contributed by atoms with Crippen LogP contribution in [0.1, 0.15) is 29.0 Å². The summed E-state index contributed by atoms with van der Waals surface area (Å²) in [4.78, 5) is 0. The molecule has 1 aliphatic carbocycles. The first-order valence-electron chi connectivity index (χ1n) is 5.06. The zero-order valence-corrected chi connectivity index (χ0v) is 9.70. The first kappa shape index (κ1) is 13.6. The predicted molar refractivity (Wildman–Crippen MR) is 56.6 cm³/mol. The molecule has 0 saturated heterocycles. The Hall–Kier alpha value is -0.850. The van der Waals surface area contributed by atoms with Crippen LogP contribution in [0, 0.1) is 0 Å². The highest BCUT2D eigenvalue weighted by atomic mass is 32.1. The topological polar surface area (TPSA) is 0 Å². The van der Waals surface area contributed by atoms with Crippen molar-refractivity contribution in [1.82, 2.24) is 0 Å². The van der Waals surface area contributed by atoms with E-state index in [1.54, 1.807) is 0 Å². The van der Waals surface area contributed by atoms with E-state index in [-0.39, 0.29) is 22.8 Å². The molecule has 0 heterocycles. The molecule has 0 aromatic heterocycles. The Kier molecular flexibility index (Phi) is 3.08. The minimum absolute atomic E-state index is 0.0529. The predicted octanol–water partition coefficient (Wildman–Crippen LogP) is 4.51. The van der Waals surface area contributed by atoms with Gasteiger partial charge < -0.3 is 0 Å². The molecule has 0 amide bonds. The first-order chi connectivity index (χ1) is 8.09. The molecule has 1 aliphatic rings. The highest BCUT2D eigenvalue weighted by Gasteiger charge is 2.41. The van der Waals surface area contributed by atoms with E-state index in [0.717, 1.165) is 12.1 Å². The van der Waals surface area contributed by atoms with Gasteiger partial charge in [-0.05, 0) is 36.1 Å². The lowest BCUT2D eigenvalue weighted by atomic mass is 10.0. The quantitative estimate of drug-likeness (QED) is 0.570. The SMILES string of the molecule is FC(F)(F)c1cc(C2CC2S)cc(C(F)(F)F)c1. The number of hydrogen-bond acceptors (Lipinski definition) is 1. The lowest BCUT2D eigenvalue weighted by Gasteiger charge is -2.14. The van der Waals surface area contributed by atoms with E-state index in [2.05, 4.69) is 12.6 Å². The molecule has 7 heteroatoms. The van der Waals surface area contributed by atoms with Gasteiger partial charge in [0.25, 0.3) is 0 Å². The molecule has 18 heavy (non-hydrogen) atoms. The number of halogens is 6. The molecular weight excluding hydrogens is 278 g/mol. The van der Waals surface area contributed by atoms with Crippen molar-refractivity contribution in [1.29, 1.82) is 0 Å². The molecule has 0 aliphatic heterocycles. The summed E-state index contributed by atoms with van der Waals surface area (Å²) in [6, 6.07) is 1.69. The Bertz CT molecular complexity index is 429. The maximum Gasteiger partial charge on any atom is 0.416 e. The second-order valence-corrected chi connectivity index (χ2v) is 4.91. The molecular formula is C11H8F6S. The van der Waals surface area contributed by atoms with Gasteiger partial charge in [0, 0.05) is 5.25 Å². The zero-order chi connectivity index (χ0) is 13.7. The summed E-state index contributed by atoms with van der Waals surface area (Å²) in [6.07, 6.45) is -9.06. The van der Waals surface area contributed by atoms with Crippen LogP contribution in [0.3, 0.4) is 0 Å². The molecule has 100 valence electrons. The van der Waals surface area contributed by atoms with Crippen molar-refractivity contribution in [3.05, 3.63) is 34.9 Å². The number of rotatable bonds is 1. The molecule has 2 atom stereocenters. The van der Waals surface area contributed by atoms with Crippen LogP contribution in [0.2, 0.25) is 0 Å². The smallest absolute Gasteiger partial charge is 0.175 e. The molecule has 2 rings (SSSR count). The minimum atomic E-state index is -4.78. The highest BCUT2D eigenvalue weighted by molar-refractivity contribution is 7.81. The number of alkyl halides is 6. The van der Waals surface area contributed by atoms with Crippen LogP contribution < -0.4 is 0 Å². The summed E-state index contributed by atoms with van der Waals surface area (Å²) in [7, 11) is 0. The van der Waals surface area contributed by atoms with Gasteiger partial charge in [-0.15, -0.1) is 0 Å². The van der Waals surface area contributed by atoms with Crippen molar-refractivity contribution in [3.8, 4) is 0 Å². The van der Waals surface area contributed by atoms with Crippen molar-refractivity contribution in [3.63, 3.8) is 0 Å². The molecule has 0 N–H and O–H groups in total. The van der Waals surface area contributed by atoms with Gasteiger partial charge in [0.15, 0.2) is 0 Å². The van der Waals surface area contributed by atoms with Crippen LogP contribution in [0.5, 0.6) is 0 Å². The normalized spacial score (nSPS) is 24.2. The molecule has 1 fully saturated rings. The van der Waals surface area contributed by atoms with Gasteiger partial charge in [-0.3, -0.25) is 0 Å². The van der Waals surface area contributed by atoms with Gasteiger partial charge in [-0.25, -0.2) is 0 Å². The number of hydrogen-bond donors (Lipinski definition) is 1. The van der Waals surface area contributed by atoms with Gasteiger partial charge in [-0.2, -0.15) is 39.0 Å². The zero-order valence-electron chi connectivity index (χ0n) is 8.81. The van der Waals surface area contributed by atoms with Crippen LogP contribution in [-0.4, -0.2) is 5.25 Å². The fourth-order valence-electron chi connectivity index (χ4n) is 1.73. The van der Waals surface area contributed by atoms with Crippen molar-refractivity contribution >= 4 is 12.6 Å². The molecule has 0 nitrogen and oxygen atoms in total. The third kappa shape index (κ3) is 2.76. The first-order valence-corrected chi connectivity index (χ1v) is 5.58. The van der Waals surface area contributed by atoms with Crippen molar-refractivity contribution in [2.45, 2.75) is 29.9 Å². The van der Waals surface area contributed by atoms with Crippen LogP contribution in [0.25, 0.3) is 0 Å². The maximum absolute atomic E-state index is 12.5. The summed E-state index contributed by atoms with van der Waals surface area (Å²) >= 11 is 4.03. The Morgan fingerprint density at radius 1 is 0.889 bits per heavy atom. The third-order valence-corrected chi connectivity index (χ3v) is 3.37. The monoisotopic (exact) mass is 286 g/mol. The van der Waals surface area contributed by atoms with Crippen LogP contribution >= 0.6 is 12.6 Å². The number of thiol groups is 1. The molecule has 1 saturated carbocycles. The van der Waals surface area contributed by atoms with Crippen LogP contribution in [0.4, 0.5) is 26.3 Å². The lowest BCUT2D eigenvalue weighted by molar-refractivity contribution is -0.143. The van der Waals surface area contributed by atoms with E-state index in [0.29, 0.717) is 6.42 Å². The molecule has 0 radical (unpaired) electrons. The lowest BCUT2D eigenvalue weighted by Crippen LogP contribution is -2.11. The second-order valence-electron chi connectivity index (χ2n) is 4.25. The van der Waals surface area contributed by atoms with Gasteiger partial charge in [0.2, 0.25) is 0 Å². The Balaban J connectivity index is 2.49. The highest BCUT2D eigenvalue weighted by Crippen LogP contribution is 2.47. The largest absolute Gasteiger partial charge is 0.416 e. The third-order valence-electron chi connectivity index (χ3n) is 2.79. The standard InChI is InChI=1S/C11H8F6S/c12-10(13,14)6-1-5(8-4-9(8)18)2-7(3-6)11(15,16)17/h1-3,8-9,18H,4H2. The van der Waals surface area contributed by atoms with E-state index in [1.165, 1.54) is 0 Å². The van der Waals surface area contributed by atoms with Crippen molar-refractivity contribution < 1.29 is 26.3 Å². The average molecular weight is 286 g/mol. The molecule has 0 bridgehead atoms. The average Bonchev–Trinajstić information content (AvgIpc) is 2.92. The Labute approximate surface area is 104 Å². The fraction of sp³-hybridized carbons (Fsp3) is 0.455. The summed E-state index contributed by atoms with van der Waals surface area (Å²) < 4.78 is 75.2. The van der Waals surface area contributed by atoms with Crippen LogP contribution in [-0.2, 0) is 12.4 Å². The van der Waals surface area contributed by atoms with Gasteiger partial charge >= 0.3 is 12.4 Å². The van der Waals surface area contributed by atoms with E-state index in [9.17, 15) is 26.3 Å². The van der Waals surface area contributed by atoms with E-state index in [4.69, 9.17) is 0 Å². The maximum atomic E-state index is 12.5. The van der Waals surface area contributed by atoms with E-state index in [1.807, 2.05) is 0 Å². The van der Waals surface area contributed by atoms with E-state index < -0.39 is 23.5 Å². The van der Waals surface area contributed by atoms with Gasteiger partial charge in [0.1, 0.15) is 0 Å². The molecule has 1 aromatic rings. The summed E-state index contributed by atoms with van der Waals surface area (Å²) in [5.41, 5.74) is -2.48. The van der Waals surface area contributed by atoms with Gasteiger partial charge in [-0.1, -0.05) is 0 Å². The molecule has 2 unspecified atom stereocenters. The number of benzene rings is 1. The van der Waals surface area contributed by atoms with Gasteiger partial charge in [0.05, 0.1) is 11.1 Å². The van der Waals surface area contributed by atoms with Crippen molar-refractivity contribution in [2.75, 3.05) is 0 Å².